The van der Waals surface area contributed by atoms with E-state index in [0.29, 0.717) is 10.9 Å². The summed E-state index contributed by atoms with van der Waals surface area (Å²) in [5.41, 5.74) is 0.390. The van der Waals surface area contributed by atoms with Gasteiger partial charge >= 0.3 is 6.16 Å². The van der Waals surface area contributed by atoms with Gasteiger partial charge in [0.2, 0.25) is 6.29 Å². The molecule has 14 nitrogen and oxygen atoms in total. The fraction of sp³-hybridized carbons (Fsp3) is 0.591. The summed E-state index contributed by atoms with van der Waals surface area (Å²) in [6, 6.07) is 4.78. The number of aromatic nitrogens is 1. The number of hydrogen-bond donors (Lipinski definition) is 7. The molecule has 0 spiro atoms. The monoisotopic (exact) mass is 515 g/mol. The van der Waals surface area contributed by atoms with Crippen molar-refractivity contribution in [3.05, 3.63) is 24.4 Å². The average molecular weight is 515 g/mol. The third kappa shape index (κ3) is 5.13. The number of ether oxygens (including phenoxy) is 6. The molecule has 2 saturated heterocycles. The SMILES string of the molecule is COC(=O)Oc1c[nH]c2c(O[C@@H]3O[C@H](CO[C@@H]4O[C@@H](C)[C@H](O)[C@@H](O)[C@H]4O)[C@@H](O)[C@H](O)[C@H]3O)cccc12. The number of para-hydroxylation sites is 1. The molecular weight excluding hydrogens is 486 g/mol. The largest absolute Gasteiger partial charge is 0.513 e. The van der Waals surface area contributed by atoms with Gasteiger partial charge in [-0.05, 0) is 19.1 Å². The number of aliphatic hydroxyl groups is 6. The Morgan fingerprint density at radius 1 is 0.917 bits per heavy atom. The molecule has 0 amide bonds. The molecule has 1 aromatic heterocycles. The first-order valence-electron chi connectivity index (χ1n) is 11.2. The van der Waals surface area contributed by atoms with Gasteiger partial charge in [-0.15, -0.1) is 0 Å². The van der Waals surface area contributed by atoms with Crippen molar-refractivity contribution in [2.75, 3.05) is 13.7 Å². The predicted molar refractivity (Wildman–Crippen MR) is 117 cm³/mol. The molecule has 0 radical (unpaired) electrons. The van der Waals surface area contributed by atoms with Crippen LogP contribution < -0.4 is 9.47 Å². The highest BCUT2D eigenvalue weighted by Crippen LogP contribution is 2.34. The molecule has 1 aromatic carbocycles. The number of aliphatic hydroxyl groups excluding tert-OH is 6. The molecule has 0 saturated carbocycles. The number of nitrogens with one attached hydrogen (secondary N) is 1. The topological polar surface area (TPSA) is 210 Å². The van der Waals surface area contributed by atoms with Gasteiger partial charge in [-0.3, -0.25) is 0 Å². The van der Waals surface area contributed by atoms with Gasteiger partial charge in [-0.25, -0.2) is 4.79 Å². The van der Waals surface area contributed by atoms with Crippen molar-refractivity contribution in [1.82, 2.24) is 4.98 Å². The van der Waals surface area contributed by atoms with E-state index in [0.717, 1.165) is 0 Å². The van der Waals surface area contributed by atoms with Crippen molar-refractivity contribution in [2.45, 2.75) is 68.3 Å². The summed E-state index contributed by atoms with van der Waals surface area (Å²) in [5, 5.41) is 61.5. The van der Waals surface area contributed by atoms with E-state index >= 15 is 0 Å². The van der Waals surface area contributed by atoms with E-state index in [1.54, 1.807) is 18.2 Å². The van der Waals surface area contributed by atoms with Gasteiger partial charge in [0.25, 0.3) is 0 Å². The number of rotatable bonds is 6. The standard InChI is InChI=1S/C22H29NO13/c1-8-14(24)16(26)18(28)20(33-8)32-7-12-15(25)17(27)19(29)21(35-12)34-10-5-3-4-9-11(6-23-13(9)10)36-22(30)31-2/h3-6,8,12,14-21,23-29H,7H2,1-2H3/t8-,12+,14-,15+,16+,17-,18+,19+,20+,21+/m0/s1. The zero-order valence-corrected chi connectivity index (χ0v) is 19.3. The number of carbonyl (C=O) groups is 1. The minimum absolute atomic E-state index is 0.168. The minimum atomic E-state index is -1.68. The summed E-state index contributed by atoms with van der Waals surface area (Å²) in [6.45, 7) is 1.06. The quantitative estimate of drug-likeness (QED) is 0.215. The van der Waals surface area contributed by atoms with Crippen LogP contribution in [0.25, 0.3) is 10.9 Å². The molecule has 2 aliphatic rings. The van der Waals surface area contributed by atoms with E-state index in [9.17, 15) is 35.4 Å². The highest BCUT2D eigenvalue weighted by Gasteiger charge is 2.47. The minimum Gasteiger partial charge on any atom is -0.460 e. The van der Waals surface area contributed by atoms with E-state index in [1.165, 1.54) is 20.2 Å². The first kappa shape index (κ1) is 26.5. The maximum absolute atomic E-state index is 11.5. The van der Waals surface area contributed by atoms with Crippen molar-refractivity contribution in [2.24, 2.45) is 0 Å². The number of methoxy groups -OCH3 is 1. The lowest BCUT2D eigenvalue weighted by atomic mass is 9.98. The van der Waals surface area contributed by atoms with E-state index < -0.39 is 74.2 Å². The maximum atomic E-state index is 11.5. The van der Waals surface area contributed by atoms with Crippen LogP contribution in [0.3, 0.4) is 0 Å². The van der Waals surface area contributed by atoms with Crippen LogP contribution >= 0.6 is 0 Å². The van der Waals surface area contributed by atoms with Gasteiger partial charge in [-0.2, -0.15) is 0 Å². The Kier molecular flexibility index (Phi) is 7.99. The first-order valence-corrected chi connectivity index (χ1v) is 11.2. The molecule has 3 heterocycles. The summed E-state index contributed by atoms with van der Waals surface area (Å²) in [5.74, 6) is 0.346. The van der Waals surface area contributed by atoms with Crippen LogP contribution in [0.4, 0.5) is 4.79 Å². The number of fused-ring (bicyclic) bond motifs is 1. The van der Waals surface area contributed by atoms with Gasteiger partial charge in [0, 0.05) is 11.6 Å². The second-order valence-corrected chi connectivity index (χ2v) is 8.54. The summed E-state index contributed by atoms with van der Waals surface area (Å²) in [4.78, 5) is 14.3. The molecule has 2 aromatic rings. The highest BCUT2D eigenvalue weighted by molar-refractivity contribution is 5.92. The molecule has 36 heavy (non-hydrogen) atoms. The Morgan fingerprint density at radius 3 is 2.33 bits per heavy atom. The van der Waals surface area contributed by atoms with Crippen LogP contribution in [0.5, 0.6) is 11.5 Å². The van der Waals surface area contributed by atoms with Crippen molar-refractivity contribution >= 4 is 17.1 Å². The average Bonchev–Trinajstić information content (AvgIpc) is 3.28. The molecular formula is C22H29NO13. The Balaban J connectivity index is 1.46. The van der Waals surface area contributed by atoms with Crippen LogP contribution in [-0.4, -0.2) is 117 Å². The second kappa shape index (κ2) is 10.8. The van der Waals surface area contributed by atoms with Crippen LogP contribution in [0.2, 0.25) is 0 Å². The summed E-state index contributed by atoms with van der Waals surface area (Å²) in [7, 11) is 1.17. The van der Waals surface area contributed by atoms with Crippen LogP contribution in [0.15, 0.2) is 24.4 Å². The fourth-order valence-electron chi connectivity index (χ4n) is 4.03. The molecule has 14 heteroatoms. The number of aromatic amines is 1. The molecule has 0 bridgehead atoms. The number of hydrogen-bond acceptors (Lipinski definition) is 13. The lowest BCUT2D eigenvalue weighted by molar-refractivity contribution is -0.318. The Hall–Kier alpha value is -2.53. The van der Waals surface area contributed by atoms with Crippen molar-refractivity contribution in [3.63, 3.8) is 0 Å². The van der Waals surface area contributed by atoms with Crippen molar-refractivity contribution in [1.29, 1.82) is 0 Å². The Bertz CT molecular complexity index is 1050. The zero-order valence-electron chi connectivity index (χ0n) is 19.3. The van der Waals surface area contributed by atoms with Crippen molar-refractivity contribution in [3.8, 4) is 11.5 Å². The van der Waals surface area contributed by atoms with Gasteiger partial charge in [0.1, 0.15) is 48.5 Å². The molecule has 4 rings (SSSR count). The third-order valence-corrected chi connectivity index (χ3v) is 6.14. The number of benzene rings is 1. The van der Waals surface area contributed by atoms with E-state index in [1.807, 2.05) is 0 Å². The molecule has 7 N–H and O–H groups in total. The Morgan fingerprint density at radius 2 is 1.61 bits per heavy atom. The van der Waals surface area contributed by atoms with Crippen molar-refractivity contribution < 1.29 is 63.9 Å². The Labute approximate surface area is 204 Å². The van der Waals surface area contributed by atoms with E-state index in [4.69, 9.17) is 23.7 Å². The fourth-order valence-corrected chi connectivity index (χ4v) is 4.03. The smallest absolute Gasteiger partial charge is 0.460 e. The maximum Gasteiger partial charge on any atom is 0.513 e. The van der Waals surface area contributed by atoms with Gasteiger partial charge in [0.15, 0.2) is 12.0 Å². The molecule has 0 aliphatic carbocycles. The first-order chi connectivity index (χ1) is 17.1. The normalized spacial score (nSPS) is 37.0. The van der Waals surface area contributed by atoms with Crippen LogP contribution in [-0.2, 0) is 18.9 Å². The van der Waals surface area contributed by atoms with Gasteiger partial charge in [-0.1, -0.05) is 6.07 Å². The predicted octanol–water partition coefficient (Wildman–Crippen LogP) is -1.66. The zero-order chi connectivity index (χ0) is 26.1. The number of H-pyrrole nitrogens is 1. The van der Waals surface area contributed by atoms with Gasteiger partial charge < -0.3 is 64.0 Å². The third-order valence-electron chi connectivity index (χ3n) is 6.14. The highest BCUT2D eigenvalue weighted by atomic mass is 16.7. The summed E-state index contributed by atoms with van der Waals surface area (Å²) < 4.78 is 31.8. The van der Waals surface area contributed by atoms with E-state index in [2.05, 4.69) is 9.72 Å². The lowest BCUT2D eigenvalue weighted by Crippen LogP contribution is -2.61. The van der Waals surface area contributed by atoms with Crippen LogP contribution in [0, 0.1) is 0 Å². The molecule has 2 fully saturated rings. The number of carbonyl (C=O) groups excluding carboxylic acids is 1. The summed E-state index contributed by atoms with van der Waals surface area (Å²) >= 11 is 0. The molecule has 0 unspecified atom stereocenters. The molecule has 10 atom stereocenters. The molecule has 200 valence electrons. The van der Waals surface area contributed by atoms with Crippen LogP contribution in [0.1, 0.15) is 6.92 Å². The second-order valence-electron chi connectivity index (χ2n) is 8.54. The lowest BCUT2D eigenvalue weighted by Gasteiger charge is -2.42. The van der Waals surface area contributed by atoms with Gasteiger partial charge in [0.05, 0.1) is 25.3 Å². The molecule has 2 aliphatic heterocycles. The summed E-state index contributed by atoms with van der Waals surface area (Å²) in [6.07, 6.45) is -13.7. The van der Waals surface area contributed by atoms with E-state index in [-0.39, 0.29) is 11.5 Å².